The van der Waals surface area contributed by atoms with Crippen LogP contribution in [-0.2, 0) is 14.3 Å². The molecule has 0 spiro atoms. The van der Waals surface area contributed by atoms with Crippen molar-refractivity contribution in [2.45, 2.75) is 45.1 Å². The van der Waals surface area contributed by atoms with E-state index in [4.69, 9.17) is 9.84 Å². The van der Waals surface area contributed by atoms with Crippen molar-refractivity contribution in [2.75, 3.05) is 13.2 Å². The highest BCUT2D eigenvalue weighted by molar-refractivity contribution is 5.72. The van der Waals surface area contributed by atoms with Gasteiger partial charge in [0.25, 0.3) is 0 Å². The van der Waals surface area contributed by atoms with Crippen LogP contribution in [0.3, 0.4) is 0 Å². The number of carbonyl (C=O) groups is 2. The zero-order valence-electron chi connectivity index (χ0n) is 10.3. The minimum Gasteiger partial charge on any atom is -0.481 e. The molecular weight excluding hydrogens is 222 g/mol. The molecule has 5 nitrogen and oxygen atoms in total. The minimum atomic E-state index is -0.796. The van der Waals surface area contributed by atoms with E-state index in [1.165, 1.54) is 0 Å². The predicted octanol–water partition coefficient (Wildman–Crippen LogP) is 1.17. The molecule has 0 saturated heterocycles. The maximum atomic E-state index is 11.6. The zero-order valence-corrected chi connectivity index (χ0v) is 10.3. The highest BCUT2D eigenvalue weighted by Crippen LogP contribution is 2.25. The summed E-state index contributed by atoms with van der Waals surface area (Å²) in [6.45, 7) is 2.70. The van der Waals surface area contributed by atoms with E-state index in [9.17, 15) is 9.59 Å². The first-order valence-electron chi connectivity index (χ1n) is 6.25. The molecule has 0 aromatic heterocycles. The summed E-state index contributed by atoms with van der Waals surface area (Å²) in [7, 11) is 0. The van der Waals surface area contributed by atoms with Gasteiger partial charge in [0.1, 0.15) is 0 Å². The predicted molar refractivity (Wildman–Crippen MR) is 62.6 cm³/mol. The summed E-state index contributed by atoms with van der Waals surface area (Å²) < 4.78 is 5.01. The lowest BCUT2D eigenvalue weighted by atomic mass is 9.85. The Hall–Kier alpha value is -1.10. The average molecular weight is 243 g/mol. The maximum absolute atomic E-state index is 11.6. The minimum absolute atomic E-state index is 0.0222. The second-order valence-corrected chi connectivity index (χ2v) is 4.41. The summed E-state index contributed by atoms with van der Waals surface area (Å²) in [6, 6.07) is 0.248. The van der Waals surface area contributed by atoms with Gasteiger partial charge in [-0.05, 0) is 26.2 Å². The number of esters is 1. The van der Waals surface area contributed by atoms with Crippen molar-refractivity contribution < 1.29 is 19.4 Å². The van der Waals surface area contributed by atoms with Gasteiger partial charge in [0.2, 0.25) is 0 Å². The standard InChI is InChI=1S/C12H21NO4/c1-2-17-12(16)9-4-3-5-10(8-9)13-7-6-11(14)15/h9-10,13H,2-8H2,1H3,(H,14,15). The summed E-state index contributed by atoms with van der Waals surface area (Å²) in [5.74, 6) is -0.932. The lowest BCUT2D eigenvalue weighted by Gasteiger charge is -2.28. The molecule has 0 bridgehead atoms. The van der Waals surface area contributed by atoms with Crippen molar-refractivity contribution in [1.29, 1.82) is 0 Å². The Morgan fingerprint density at radius 1 is 1.41 bits per heavy atom. The second kappa shape index (κ2) is 7.27. The highest BCUT2D eigenvalue weighted by atomic mass is 16.5. The molecule has 1 aliphatic rings. The molecule has 1 saturated carbocycles. The topological polar surface area (TPSA) is 75.6 Å². The molecular formula is C12H21NO4. The average Bonchev–Trinajstić information content (AvgIpc) is 2.29. The number of aliphatic carboxylic acids is 1. The smallest absolute Gasteiger partial charge is 0.308 e. The Morgan fingerprint density at radius 3 is 2.82 bits per heavy atom. The van der Waals surface area contributed by atoms with Crippen molar-refractivity contribution in [1.82, 2.24) is 5.32 Å². The number of hydrogen-bond donors (Lipinski definition) is 2. The number of ether oxygens (including phenoxy) is 1. The normalized spacial score (nSPS) is 24.3. The van der Waals surface area contributed by atoms with Crippen LogP contribution in [0.25, 0.3) is 0 Å². The quantitative estimate of drug-likeness (QED) is 0.685. The number of nitrogens with one attached hydrogen (secondary N) is 1. The molecule has 0 aromatic rings. The summed E-state index contributed by atoms with van der Waals surface area (Å²) >= 11 is 0. The van der Waals surface area contributed by atoms with Crippen LogP contribution in [0.2, 0.25) is 0 Å². The Balaban J connectivity index is 2.28. The Kier molecular flexibility index (Phi) is 5.97. The number of carboxylic acids is 1. The second-order valence-electron chi connectivity index (χ2n) is 4.41. The SMILES string of the molecule is CCOC(=O)C1CCCC(NCCC(=O)O)C1. The summed E-state index contributed by atoms with van der Waals surface area (Å²) in [5, 5.41) is 11.7. The first-order chi connectivity index (χ1) is 8.13. The van der Waals surface area contributed by atoms with Crippen LogP contribution in [-0.4, -0.2) is 36.2 Å². The Bertz CT molecular complexity index is 267. The fourth-order valence-corrected chi connectivity index (χ4v) is 2.23. The number of carbonyl (C=O) groups excluding carboxylic acids is 1. The van der Waals surface area contributed by atoms with E-state index in [0.717, 1.165) is 25.7 Å². The molecule has 2 atom stereocenters. The van der Waals surface area contributed by atoms with E-state index >= 15 is 0 Å². The molecule has 5 heteroatoms. The van der Waals surface area contributed by atoms with Crippen LogP contribution in [0.4, 0.5) is 0 Å². The largest absolute Gasteiger partial charge is 0.481 e. The molecule has 2 N–H and O–H groups in total. The third-order valence-corrected chi connectivity index (χ3v) is 3.07. The van der Waals surface area contributed by atoms with Crippen molar-refractivity contribution in [2.24, 2.45) is 5.92 Å². The van der Waals surface area contributed by atoms with Gasteiger partial charge < -0.3 is 15.2 Å². The first-order valence-corrected chi connectivity index (χ1v) is 6.25. The van der Waals surface area contributed by atoms with Crippen LogP contribution in [0.1, 0.15) is 39.0 Å². The van der Waals surface area contributed by atoms with Gasteiger partial charge in [0, 0.05) is 12.6 Å². The summed E-state index contributed by atoms with van der Waals surface area (Å²) in [6.07, 6.45) is 3.78. The summed E-state index contributed by atoms with van der Waals surface area (Å²) in [5.41, 5.74) is 0. The van der Waals surface area contributed by atoms with Crippen LogP contribution >= 0.6 is 0 Å². The van der Waals surface area contributed by atoms with Crippen LogP contribution in [0, 0.1) is 5.92 Å². The van der Waals surface area contributed by atoms with E-state index in [1.807, 2.05) is 6.92 Å². The third-order valence-electron chi connectivity index (χ3n) is 3.07. The van der Waals surface area contributed by atoms with Crippen LogP contribution in [0.5, 0.6) is 0 Å². The van der Waals surface area contributed by atoms with Gasteiger partial charge in [-0.3, -0.25) is 9.59 Å². The maximum Gasteiger partial charge on any atom is 0.308 e. The van der Waals surface area contributed by atoms with E-state index in [0.29, 0.717) is 13.2 Å². The third kappa shape index (κ3) is 5.17. The Morgan fingerprint density at radius 2 is 2.18 bits per heavy atom. The number of carboxylic acid groups (broad SMARTS) is 1. The molecule has 0 aliphatic heterocycles. The number of hydrogen-bond acceptors (Lipinski definition) is 4. The van der Waals surface area contributed by atoms with Gasteiger partial charge in [-0.25, -0.2) is 0 Å². The lowest BCUT2D eigenvalue weighted by molar-refractivity contribution is -0.149. The first kappa shape index (κ1) is 14.0. The molecule has 1 aliphatic carbocycles. The molecule has 0 heterocycles. The molecule has 0 aromatic carbocycles. The van der Waals surface area contributed by atoms with Crippen molar-refractivity contribution in [3.05, 3.63) is 0 Å². The lowest BCUT2D eigenvalue weighted by Crippen LogP contribution is -2.37. The molecule has 1 rings (SSSR count). The van der Waals surface area contributed by atoms with Crippen molar-refractivity contribution in [3.63, 3.8) is 0 Å². The zero-order chi connectivity index (χ0) is 12.7. The van der Waals surface area contributed by atoms with Gasteiger partial charge in [-0.1, -0.05) is 6.42 Å². The Labute approximate surface area is 102 Å². The van der Waals surface area contributed by atoms with E-state index in [2.05, 4.69) is 5.32 Å². The molecule has 0 radical (unpaired) electrons. The monoisotopic (exact) mass is 243 g/mol. The van der Waals surface area contributed by atoms with Gasteiger partial charge in [0.05, 0.1) is 18.9 Å². The molecule has 17 heavy (non-hydrogen) atoms. The van der Waals surface area contributed by atoms with E-state index in [1.54, 1.807) is 0 Å². The fourth-order valence-electron chi connectivity index (χ4n) is 2.23. The van der Waals surface area contributed by atoms with E-state index < -0.39 is 5.97 Å². The van der Waals surface area contributed by atoms with Gasteiger partial charge in [-0.2, -0.15) is 0 Å². The van der Waals surface area contributed by atoms with Gasteiger partial charge >= 0.3 is 11.9 Å². The summed E-state index contributed by atoms with van der Waals surface area (Å²) in [4.78, 5) is 22.0. The fraction of sp³-hybridized carbons (Fsp3) is 0.833. The number of rotatable bonds is 6. The van der Waals surface area contributed by atoms with Crippen molar-refractivity contribution in [3.8, 4) is 0 Å². The van der Waals surface area contributed by atoms with Crippen molar-refractivity contribution >= 4 is 11.9 Å². The molecule has 0 amide bonds. The highest BCUT2D eigenvalue weighted by Gasteiger charge is 2.27. The van der Waals surface area contributed by atoms with Crippen LogP contribution in [0.15, 0.2) is 0 Å². The molecule has 2 unspecified atom stereocenters. The van der Waals surface area contributed by atoms with Gasteiger partial charge in [0.15, 0.2) is 0 Å². The van der Waals surface area contributed by atoms with Gasteiger partial charge in [-0.15, -0.1) is 0 Å². The van der Waals surface area contributed by atoms with Crippen LogP contribution < -0.4 is 5.32 Å². The molecule has 98 valence electrons. The molecule has 1 fully saturated rings. The van der Waals surface area contributed by atoms with E-state index in [-0.39, 0.29) is 24.3 Å².